The summed E-state index contributed by atoms with van der Waals surface area (Å²) >= 11 is 0. The number of amides is 1. The van der Waals surface area contributed by atoms with E-state index < -0.39 is 41.1 Å². The topological polar surface area (TPSA) is 124 Å². The van der Waals surface area contributed by atoms with Crippen molar-refractivity contribution in [2.45, 2.75) is 18.4 Å². The zero-order valence-electron chi connectivity index (χ0n) is 10.0. The van der Waals surface area contributed by atoms with Gasteiger partial charge in [-0.3, -0.25) is 4.79 Å². The van der Waals surface area contributed by atoms with Crippen molar-refractivity contribution in [3.8, 4) is 0 Å². The highest BCUT2D eigenvalue weighted by Crippen LogP contribution is 2.21. The van der Waals surface area contributed by atoms with Crippen LogP contribution in [-0.4, -0.2) is 66.5 Å². The van der Waals surface area contributed by atoms with Gasteiger partial charge in [-0.1, -0.05) is 0 Å². The Morgan fingerprint density at radius 2 is 1.78 bits per heavy atom. The quantitative estimate of drug-likeness (QED) is 0.432. The molecule has 1 saturated heterocycles. The Kier molecular flexibility index (Phi) is 5.09. The number of aliphatic hydroxyl groups is 3. The summed E-state index contributed by atoms with van der Waals surface area (Å²) in [5.74, 6) is -0.626. The molecule has 1 rings (SSSR count). The number of carbonyl (C=O) groups excluding carboxylic acids is 1. The van der Waals surface area contributed by atoms with E-state index >= 15 is 0 Å². The van der Waals surface area contributed by atoms with E-state index in [1.165, 1.54) is 0 Å². The van der Waals surface area contributed by atoms with Crippen LogP contribution in [0.1, 0.15) is 12.8 Å². The maximum Gasteiger partial charge on any atom is 0.220 e. The number of rotatable bonds is 6. The van der Waals surface area contributed by atoms with Crippen molar-refractivity contribution in [1.82, 2.24) is 5.32 Å². The first-order valence-corrected chi connectivity index (χ1v) is 7.52. The van der Waals surface area contributed by atoms with E-state index in [9.17, 15) is 13.2 Å². The lowest BCUT2D eigenvalue weighted by Crippen LogP contribution is -2.57. The lowest BCUT2D eigenvalue weighted by atomic mass is 10.0. The van der Waals surface area contributed by atoms with Gasteiger partial charge in [-0.25, -0.2) is 8.42 Å². The lowest BCUT2D eigenvalue weighted by Gasteiger charge is -2.29. The molecule has 0 radical (unpaired) electrons. The summed E-state index contributed by atoms with van der Waals surface area (Å²) in [5.41, 5.74) is -1.45. The van der Waals surface area contributed by atoms with Crippen LogP contribution in [-0.2, 0) is 14.6 Å². The second-order valence-corrected chi connectivity index (χ2v) is 7.00. The van der Waals surface area contributed by atoms with Gasteiger partial charge in [0.1, 0.15) is 5.54 Å². The fourth-order valence-corrected chi connectivity index (χ4v) is 3.77. The Labute approximate surface area is 106 Å². The van der Waals surface area contributed by atoms with E-state index in [4.69, 9.17) is 15.3 Å². The molecule has 7 nitrogen and oxygen atoms in total. The molecule has 0 aromatic carbocycles. The average Bonchev–Trinajstić information content (AvgIpc) is 2.65. The molecule has 1 amide bonds. The predicted octanol–water partition coefficient (Wildman–Crippen LogP) is -2.36. The molecule has 1 aliphatic rings. The van der Waals surface area contributed by atoms with Gasteiger partial charge >= 0.3 is 0 Å². The van der Waals surface area contributed by atoms with Gasteiger partial charge in [0.05, 0.1) is 31.3 Å². The summed E-state index contributed by atoms with van der Waals surface area (Å²) in [7, 11) is -3.03. The third-order valence-electron chi connectivity index (χ3n) is 3.11. The van der Waals surface area contributed by atoms with Crippen LogP contribution in [0.4, 0.5) is 0 Å². The van der Waals surface area contributed by atoms with E-state index in [0.717, 1.165) is 0 Å². The van der Waals surface area contributed by atoms with Gasteiger partial charge in [0.25, 0.3) is 0 Å². The number of hydrogen-bond donors (Lipinski definition) is 4. The minimum Gasteiger partial charge on any atom is -0.394 e. The Morgan fingerprint density at radius 3 is 2.17 bits per heavy atom. The first kappa shape index (κ1) is 15.4. The van der Waals surface area contributed by atoms with Crippen LogP contribution in [0.3, 0.4) is 0 Å². The fraction of sp³-hybridized carbons (Fsp3) is 0.900. The van der Waals surface area contributed by atoms with Gasteiger partial charge < -0.3 is 20.6 Å². The average molecular weight is 281 g/mol. The standard InChI is InChI=1S/C10H19NO6S/c12-5-10(6-13,7-14)11-9(15)3-8-1-2-18(16,17)4-8/h8,12-14H,1-7H2,(H,11,15). The molecule has 4 N–H and O–H groups in total. The predicted molar refractivity (Wildman–Crippen MR) is 63.5 cm³/mol. The summed E-state index contributed by atoms with van der Waals surface area (Å²) < 4.78 is 22.4. The normalized spacial score (nSPS) is 22.9. The summed E-state index contributed by atoms with van der Waals surface area (Å²) in [6.45, 7) is -1.77. The maximum absolute atomic E-state index is 11.7. The highest BCUT2D eigenvalue weighted by Gasteiger charge is 2.33. The Hall–Kier alpha value is -0.700. The van der Waals surface area contributed by atoms with E-state index in [1.54, 1.807) is 0 Å². The molecule has 18 heavy (non-hydrogen) atoms. The van der Waals surface area contributed by atoms with Crippen molar-refractivity contribution in [1.29, 1.82) is 0 Å². The summed E-state index contributed by atoms with van der Waals surface area (Å²) in [4.78, 5) is 11.7. The first-order valence-electron chi connectivity index (χ1n) is 5.70. The molecule has 1 unspecified atom stereocenters. The van der Waals surface area contributed by atoms with E-state index in [2.05, 4.69) is 5.32 Å². The Morgan fingerprint density at radius 1 is 1.22 bits per heavy atom. The molecule has 0 aromatic rings. The lowest BCUT2D eigenvalue weighted by molar-refractivity contribution is -0.126. The molecular formula is C10H19NO6S. The van der Waals surface area contributed by atoms with Crippen LogP contribution in [0, 0.1) is 5.92 Å². The van der Waals surface area contributed by atoms with E-state index in [1.807, 2.05) is 0 Å². The monoisotopic (exact) mass is 281 g/mol. The molecule has 1 fully saturated rings. The van der Waals surface area contributed by atoms with Crippen LogP contribution in [0.15, 0.2) is 0 Å². The number of sulfone groups is 1. The third kappa shape index (κ3) is 3.91. The summed E-state index contributed by atoms with van der Waals surface area (Å²) in [5, 5.41) is 29.5. The van der Waals surface area contributed by atoms with Crippen molar-refractivity contribution in [3.63, 3.8) is 0 Å². The van der Waals surface area contributed by atoms with Crippen molar-refractivity contribution >= 4 is 15.7 Å². The SMILES string of the molecule is O=C(CC1CCS(=O)(=O)C1)NC(CO)(CO)CO. The van der Waals surface area contributed by atoms with Crippen LogP contribution in [0.2, 0.25) is 0 Å². The Bertz CT molecular complexity index is 381. The van der Waals surface area contributed by atoms with E-state index in [0.29, 0.717) is 6.42 Å². The molecule has 0 saturated carbocycles. The second-order valence-electron chi connectivity index (χ2n) is 4.78. The van der Waals surface area contributed by atoms with Crippen molar-refractivity contribution in [3.05, 3.63) is 0 Å². The summed E-state index contributed by atoms with van der Waals surface area (Å²) in [6, 6.07) is 0. The maximum atomic E-state index is 11.7. The fourth-order valence-electron chi connectivity index (χ4n) is 1.91. The first-order chi connectivity index (χ1) is 8.36. The van der Waals surface area contributed by atoms with Crippen LogP contribution in [0.25, 0.3) is 0 Å². The van der Waals surface area contributed by atoms with Crippen LogP contribution in [0.5, 0.6) is 0 Å². The minimum absolute atomic E-state index is 0.00913. The molecule has 106 valence electrons. The van der Waals surface area contributed by atoms with Crippen molar-refractivity contribution < 1.29 is 28.5 Å². The number of aliphatic hydroxyl groups excluding tert-OH is 3. The van der Waals surface area contributed by atoms with Gasteiger partial charge in [-0.05, 0) is 12.3 Å². The highest BCUT2D eigenvalue weighted by molar-refractivity contribution is 7.91. The molecule has 0 aliphatic carbocycles. The number of carbonyl (C=O) groups is 1. The molecule has 1 aliphatic heterocycles. The van der Waals surface area contributed by atoms with Crippen LogP contribution >= 0.6 is 0 Å². The van der Waals surface area contributed by atoms with Crippen molar-refractivity contribution in [2.75, 3.05) is 31.3 Å². The molecular weight excluding hydrogens is 262 g/mol. The molecule has 0 aromatic heterocycles. The molecule has 1 heterocycles. The molecule has 0 spiro atoms. The highest BCUT2D eigenvalue weighted by atomic mass is 32.2. The molecule has 1 atom stereocenters. The molecule has 8 heteroatoms. The zero-order valence-corrected chi connectivity index (χ0v) is 10.8. The smallest absolute Gasteiger partial charge is 0.220 e. The van der Waals surface area contributed by atoms with Crippen molar-refractivity contribution in [2.24, 2.45) is 5.92 Å². The number of nitrogens with one attached hydrogen (secondary N) is 1. The van der Waals surface area contributed by atoms with Gasteiger partial charge in [0, 0.05) is 6.42 Å². The Balaban J connectivity index is 2.52. The largest absolute Gasteiger partial charge is 0.394 e. The molecule has 0 bridgehead atoms. The van der Waals surface area contributed by atoms with Crippen LogP contribution < -0.4 is 5.32 Å². The zero-order chi connectivity index (χ0) is 13.8. The van der Waals surface area contributed by atoms with Gasteiger partial charge in [0.2, 0.25) is 5.91 Å². The minimum atomic E-state index is -3.03. The van der Waals surface area contributed by atoms with E-state index in [-0.39, 0.29) is 23.8 Å². The van der Waals surface area contributed by atoms with Gasteiger partial charge in [0.15, 0.2) is 9.84 Å². The van der Waals surface area contributed by atoms with Gasteiger partial charge in [-0.2, -0.15) is 0 Å². The number of hydrogen-bond acceptors (Lipinski definition) is 6. The summed E-state index contributed by atoms with van der Waals surface area (Å²) in [6.07, 6.45) is 0.459. The third-order valence-corrected chi connectivity index (χ3v) is 4.95. The second kappa shape index (κ2) is 5.96. The van der Waals surface area contributed by atoms with Gasteiger partial charge in [-0.15, -0.1) is 0 Å².